The number of carbonyl (C=O) groups is 1. The summed E-state index contributed by atoms with van der Waals surface area (Å²) >= 11 is 0. The van der Waals surface area contributed by atoms with Crippen molar-refractivity contribution in [1.82, 2.24) is 15.6 Å². The number of fused-ring (bicyclic) bond motifs is 1. The Morgan fingerprint density at radius 1 is 0.870 bits per heavy atom. The van der Waals surface area contributed by atoms with Crippen molar-refractivity contribution < 1.29 is 4.79 Å². The van der Waals surface area contributed by atoms with Crippen molar-refractivity contribution in [3.05, 3.63) is 71.9 Å². The minimum absolute atomic E-state index is 0.108. The number of H-pyrrole nitrogens is 1. The molecule has 4 heteroatoms. The summed E-state index contributed by atoms with van der Waals surface area (Å²) < 4.78 is 0. The highest BCUT2D eigenvalue weighted by atomic mass is 16.2. The molecule has 0 aliphatic carbocycles. The van der Waals surface area contributed by atoms with Crippen LogP contribution in [0.3, 0.4) is 0 Å². The second-order valence-corrected chi connectivity index (χ2v) is 5.57. The molecule has 0 saturated heterocycles. The molecule has 4 nitrogen and oxygen atoms in total. The van der Waals surface area contributed by atoms with Gasteiger partial charge >= 0.3 is 6.03 Å². The Morgan fingerprint density at radius 2 is 1.61 bits per heavy atom. The zero-order chi connectivity index (χ0) is 15.9. The monoisotopic (exact) mass is 307 g/mol. The molecule has 0 saturated carbocycles. The second kappa shape index (κ2) is 7.49. The third-order valence-corrected chi connectivity index (χ3v) is 3.86. The van der Waals surface area contributed by atoms with Gasteiger partial charge in [-0.15, -0.1) is 0 Å². The Labute approximate surface area is 135 Å². The van der Waals surface area contributed by atoms with Crippen LogP contribution in [-0.2, 0) is 12.8 Å². The van der Waals surface area contributed by atoms with Crippen LogP contribution < -0.4 is 10.6 Å². The fraction of sp³-hybridized carbons (Fsp3) is 0.211. The van der Waals surface area contributed by atoms with Gasteiger partial charge < -0.3 is 15.6 Å². The van der Waals surface area contributed by atoms with E-state index < -0.39 is 0 Å². The summed E-state index contributed by atoms with van der Waals surface area (Å²) in [6.07, 6.45) is 3.61. The van der Waals surface area contributed by atoms with Gasteiger partial charge in [-0.1, -0.05) is 36.4 Å². The molecule has 118 valence electrons. The highest BCUT2D eigenvalue weighted by molar-refractivity contribution is 5.80. The van der Waals surface area contributed by atoms with E-state index in [0.29, 0.717) is 13.1 Å². The summed E-state index contributed by atoms with van der Waals surface area (Å²) in [6, 6.07) is 18.4. The minimum Gasteiger partial charge on any atom is -0.361 e. The molecule has 0 spiro atoms. The topological polar surface area (TPSA) is 56.9 Å². The standard InChI is InChI=1S/C19H21N3O/c23-19(21-11-8-15-4-2-1-3-5-15)22-12-9-16-6-7-18-17(14-16)10-13-20-18/h1-7,10,13-14,20H,8-9,11-12H2,(H2,21,22,23). The van der Waals surface area contributed by atoms with E-state index >= 15 is 0 Å². The van der Waals surface area contributed by atoms with Gasteiger partial charge in [0.2, 0.25) is 0 Å². The fourth-order valence-corrected chi connectivity index (χ4v) is 2.61. The molecule has 0 unspecified atom stereocenters. The summed E-state index contributed by atoms with van der Waals surface area (Å²) in [6.45, 7) is 1.28. The molecule has 23 heavy (non-hydrogen) atoms. The van der Waals surface area contributed by atoms with Crippen LogP contribution in [-0.4, -0.2) is 24.1 Å². The van der Waals surface area contributed by atoms with Crippen LogP contribution in [0, 0.1) is 0 Å². The first-order chi connectivity index (χ1) is 11.3. The van der Waals surface area contributed by atoms with E-state index in [1.54, 1.807) is 0 Å². The first-order valence-corrected chi connectivity index (χ1v) is 7.93. The number of benzene rings is 2. The van der Waals surface area contributed by atoms with Gasteiger partial charge in [0, 0.05) is 24.8 Å². The predicted octanol–water partition coefficient (Wildman–Crippen LogP) is 3.25. The van der Waals surface area contributed by atoms with Crippen LogP contribution in [0.15, 0.2) is 60.8 Å². The fourth-order valence-electron chi connectivity index (χ4n) is 2.61. The second-order valence-electron chi connectivity index (χ2n) is 5.57. The predicted molar refractivity (Wildman–Crippen MR) is 93.6 cm³/mol. The third kappa shape index (κ3) is 4.36. The van der Waals surface area contributed by atoms with Gasteiger partial charge in [-0.05, 0) is 47.6 Å². The molecule has 0 aliphatic rings. The van der Waals surface area contributed by atoms with Crippen LogP contribution >= 0.6 is 0 Å². The van der Waals surface area contributed by atoms with Crippen molar-refractivity contribution in [2.45, 2.75) is 12.8 Å². The third-order valence-electron chi connectivity index (χ3n) is 3.86. The molecule has 1 heterocycles. The smallest absolute Gasteiger partial charge is 0.314 e. The molecule has 3 aromatic rings. The van der Waals surface area contributed by atoms with Crippen molar-refractivity contribution in [2.24, 2.45) is 0 Å². The molecular formula is C19H21N3O. The lowest BCUT2D eigenvalue weighted by molar-refractivity contribution is 0.241. The molecule has 2 amide bonds. The summed E-state index contributed by atoms with van der Waals surface area (Å²) in [5.41, 5.74) is 3.59. The van der Waals surface area contributed by atoms with Crippen molar-refractivity contribution in [1.29, 1.82) is 0 Å². The maximum absolute atomic E-state index is 11.8. The molecule has 0 atom stereocenters. The van der Waals surface area contributed by atoms with E-state index in [2.05, 4.69) is 52.0 Å². The molecule has 0 radical (unpaired) electrons. The summed E-state index contributed by atoms with van der Waals surface area (Å²) in [5, 5.41) is 6.99. The first-order valence-electron chi connectivity index (χ1n) is 7.93. The van der Waals surface area contributed by atoms with Gasteiger partial charge in [0.15, 0.2) is 0 Å². The van der Waals surface area contributed by atoms with E-state index in [-0.39, 0.29) is 6.03 Å². The zero-order valence-electron chi connectivity index (χ0n) is 13.0. The highest BCUT2D eigenvalue weighted by Gasteiger charge is 2.01. The van der Waals surface area contributed by atoms with Crippen LogP contribution in [0.5, 0.6) is 0 Å². The maximum atomic E-state index is 11.8. The SMILES string of the molecule is O=C(NCCc1ccccc1)NCCc1ccc2[nH]ccc2c1. The Balaban J connectivity index is 1.37. The summed E-state index contributed by atoms with van der Waals surface area (Å²) in [5.74, 6) is 0. The van der Waals surface area contributed by atoms with E-state index in [1.807, 2.05) is 24.4 Å². The quantitative estimate of drug-likeness (QED) is 0.643. The molecular weight excluding hydrogens is 286 g/mol. The Kier molecular flexibility index (Phi) is 4.94. The Morgan fingerprint density at radius 3 is 2.39 bits per heavy atom. The van der Waals surface area contributed by atoms with Gasteiger partial charge in [0.05, 0.1) is 0 Å². The number of amides is 2. The van der Waals surface area contributed by atoms with E-state index in [1.165, 1.54) is 16.5 Å². The van der Waals surface area contributed by atoms with E-state index in [0.717, 1.165) is 18.4 Å². The van der Waals surface area contributed by atoms with Crippen molar-refractivity contribution in [3.63, 3.8) is 0 Å². The highest BCUT2D eigenvalue weighted by Crippen LogP contribution is 2.14. The van der Waals surface area contributed by atoms with Crippen LogP contribution in [0.4, 0.5) is 4.79 Å². The summed E-state index contributed by atoms with van der Waals surface area (Å²) in [4.78, 5) is 14.9. The lowest BCUT2D eigenvalue weighted by atomic mass is 10.1. The number of carbonyl (C=O) groups excluding carboxylic acids is 1. The Bertz CT molecular complexity index is 764. The number of nitrogens with one attached hydrogen (secondary N) is 3. The van der Waals surface area contributed by atoms with Gasteiger partial charge in [-0.25, -0.2) is 4.79 Å². The number of hydrogen-bond donors (Lipinski definition) is 3. The Hall–Kier alpha value is -2.75. The number of urea groups is 1. The normalized spacial score (nSPS) is 10.6. The molecule has 0 aliphatic heterocycles. The molecule has 1 aromatic heterocycles. The van der Waals surface area contributed by atoms with Crippen molar-refractivity contribution in [2.75, 3.05) is 13.1 Å². The molecule has 0 fully saturated rings. The van der Waals surface area contributed by atoms with Gasteiger partial charge in [0.25, 0.3) is 0 Å². The number of aromatic amines is 1. The molecule has 3 rings (SSSR count). The molecule has 0 bridgehead atoms. The summed E-state index contributed by atoms with van der Waals surface area (Å²) in [7, 11) is 0. The lowest BCUT2D eigenvalue weighted by Crippen LogP contribution is -2.37. The van der Waals surface area contributed by atoms with Crippen molar-refractivity contribution in [3.8, 4) is 0 Å². The van der Waals surface area contributed by atoms with Gasteiger partial charge in [0.1, 0.15) is 0 Å². The lowest BCUT2D eigenvalue weighted by Gasteiger charge is -2.08. The number of aromatic nitrogens is 1. The van der Waals surface area contributed by atoms with Crippen molar-refractivity contribution >= 4 is 16.9 Å². The maximum Gasteiger partial charge on any atom is 0.314 e. The average Bonchev–Trinajstić information content (AvgIpc) is 3.03. The van der Waals surface area contributed by atoms with Gasteiger partial charge in [-0.2, -0.15) is 0 Å². The molecule has 2 aromatic carbocycles. The number of rotatable bonds is 6. The first kappa shape index (κ1) is 15.2. The average molecular weight is 307 g/mol. The van der Waals surface area contributed by atoms with E-state index in [4.69, 9.17) is 0 Å². The number of hydrogen-bond acceptors (Lipinski definition) is 1. The largest absolute Gasteiger partial charge is 0.361 e. The molecule has 3 N–H and O–H groups in total. The zero-order valence-corrected chi connectivity index (χ0v) is 13.0. The van der Waals surface area contributed by atoms with E-state index in [9.17, 15) is 4.79 Å². The van der Waals surface area contributed by atoms with Crippen LogP contribution in [0.2, 0.25) is 0 Å². The van der Waals surface area contributed by atoms with Crippen LogP contribution in [0.1, 0.15) is 11.1 Å². The minimum atomic E-state index is -0.108. The van der Waals surface area contributed by atoms with Gasteiger partial charge in [-0.3, -0.25) is 0 Å². The van der Waals surface area contributed by atoms with Crippen LogP contribution in [0.25, 0.3) is 10.9 Å².